The maximum absolute atomic E-state index is 12.2. The first kappa shape index (κ1) is 16.4. The highest BCUT2D eigenvalue weighted by Crippen LogP contribution is 2.22. The lowest BCUT2D eigenvalue weighted by Gasteiger charge is -2.27. The summed E-state index contributed by atoms with van der Waals surface area (Å²) in [4.78, 5) is 24.3. The van der Waals surface area contributed by atoms with Crippen LogP contribution in [0.25, 0.3) is 0 Å². The van der Waals surface area contributed by atoms with Crippen molar-refractivity contribution in [1.29, 1.82) is 0 Å². The molecule has 0 saturated carbocycles. The van der Waals surface area contributed by atoms with E-state index in [4.69, 9.17) is 0 Å². The smallest absolute Gasteiger partial charge is 0.256 e. The fraction of sp³-hybridized carbons (Fsp3) is 0.500. The van der Waals surface area contributed by atoms with Crippen LogP contribution in [0.2, 0.25) is 0 Å². The minimum absolute atomic E-state index is 0.0743. The number of hydrogen-bond acceptors (Lipinski definition) is 3. The molecule has 0 aliphatic rings. The number of aliphatic hydroxyl groups is 1. The Balaban J connectivity index is 2.84. The Morgan fingerprint density at radius 3 is 2.05 bits per heavy atom. The van der Waals surface area contributed by atoms with E-state index >= 15 is 0 Å². The van der Waals surface area contributed by atoms with Crippen molar-refractivity contribution in [1.82, 2.24) is 5.32 Å². The molecule has 0 aromatic heterocycles. The van der Waals surface area contributed by atoms with Crippen molar-refractivity contribution in [3.05, 3.63) is 35.9 Å². The summed E-state index contributed by atoms with van der Waals surface area (Å²) >= 11 is 0. The minimum Gasteiger partial charge on any atom is -0.376 e. The van der Waals surface area contributed by atoms with Crippen molar-refractivity contribution in [2.24, 2.45) is 5.41 Å². The maximum atomic E-state index is 12.2. The van der Waals surface area contributed by atoms with Crippen molar-refractivity contribution < 1.29 is 14.7 Å². The molecule has 110 valence electrons. The van der Waals surface area contributed by atoms with Gasteiger partial charge in [0.25, 0.3) is 5.91 Å². The first-order valence-electron chi connectivity index (χ1n) is 6.70. The number of amides is 1. The lowest BCUT2D eigenvalue weighted by atomic mass is 9.86. The molecule has 4 heteroatoms. The Hall–Kier alpha value is -1.68. The first-order valence-corrected chi connectivity index (χ1v) is 6.70. The molecule has 0 heterocycles. The van der Waals surface area contributed by atoms with Gasteiger partial charge in [-0.2, -0.15) is 0 Å². The average Bonchev–Trinajstić information content (AvgIpc) is 2.37. The largest absolute Gasteiger partial charge is 0.376 e. The van der Waals surface area contributed by atoms with Crippen LogP contribution in [0, 0.1) is 5.41 Å². The molecule has 0 saturated heterocycles. The number of ketones is 1. The molecule has 0 bridgehead atoms. The first-order chi connectivity index (χ1) is 9.06. The summed E-state index contributed by atoms with van der Waals surface area (Å²) in [5.41, 5.74) is -1.70. The Morgan fingerprint density at radius 1 is 1.10 bits per heavy atom. The lowest BCUT2D eigenvalue weighted by Crippen LogP contribution is -2.50. The van der Waals surface area contributed by atoms with Gasteiger partial charge in [0.1, 0.15) is 0 Å². The molecular formula is C16H23NO3. The zero-order chi connectivity index (χ0) is 15.6. The second-order valence-electron chi connectivity index (χ2n) is 6.25. The van der Waals surface area contributed by atoms with Gasteiger partial charge in [-0.1, -0.05) is 51.1 Å². The Bertz CT molecular complexity index is 486. The van der Waals surface area contributed by atoms with E-state index in [2.05, 4.69) is 5.32 Å². The molecular weight excluding hydrogens is 254 g/mol. The normalized spacial score (nSPS) is 16.1. The van der Waals surface area contributed by atoms with Crippen molar-refractivity contribution in [2.45, 2.75) is 46.3 Å². The highest BCUT2D eigenvalue weighted by Gasteiger charge is 2.35. The van der Waals surface area contributed by atoms with E-state index in [9.17, 15) is 14.7 Å². The van der Waals surface area contributed by atoms with Crippen LogP contribution < -0.4 is 5.32 Å². The number of carbonyl (C=O) groups excluding carboxylic acids is 2. The molecule has 1 amide bonds. The minimum atomic E-state index is -1.66. The fourth-order valence-electron chi connectivity index (χ4n) is 1.95. The SMILES string of the molecule is C[C@H](NC(=O)[C@](C)(O)c1ccccc1)C(=O)C(C)(C)C. The molecule has 0 spiro atoms. The van der Waals surface area contributed by atoms with E-state index in [1.54, 1.807) is 52.0 Å². The van der Waals surface area contributed by atoms with Crippen LogP contribution in [0.3, 0.4) is 0 Å². The van der Waals surface area contributed by atoms with Gasteiger partial charge in [0.05, 0.1) is 6.04 Å². The van der Waals surface area contributed by atoms with Crippen LogP contribution >= 0.6 is 0 Å². The van der Waals surface area contributed by atoms with E-state index < -0.39 is 23.0 Å². The molecule has 4 nitrogen and oxygen atoms in total. The molecule has 2 N–H and O–H groups in total. The van der Waals surface area contributed by atoms with Crippen molar-refractivity contribution >= 4 is 11.7 Å². The molecule has 1 aromatic rings. The maximum Gasteiger partial charge on any atom is 0.256 e. The predicted molar refractivity (Wildman–Crippen MR) is 78.1 cm³/mol. The number of carbonyl (C=O) groups is 2. The monoisotopic (exact) mass is 277 g/mol. The number of hydrogen-bond donors (Lipinski definition) is 2. The van der Waals surface area contributed by atoms with Gasteiger partial charge in [-0.3, -0.25) is 9.59 Å². The van der Waals surface area contributed by atoms with Gasteiger partial charge in [0.15, 0.2) is 11.4 Å². The summed E-state index contributed by atoms with van der Waals surface area (Å²) in [6.07, 6.45) is 0. The third-order valence-corrected chi connectivity index (χ3v) is 3.26. The standard InChI is InChI=1S/C16H23NO3/c1-11(13(18)15(2,3)4)17-14(19)16(5,20)12-9-7-6-8-10-12/h6-11,20H,1-5H3,(H,17,19)/t11-,16+/m0/s1. The van der Waals surface area contributed by atoms with Gasteiger partial charge in [-0.05, 0) is 19.4 Å². The lowest BCUT2D eigenvalue weighted by molar-refractivity contribution is -0.142. The molecule has 0 aliphatic carbocycles. The van der Waals surface area contributed by atoms with Crippen LogP contribution in [-0.2, 0) is 15.2 Å². The second kappa shape index (κ2) is 5.75. The zero-order valence-corrected chi connectivity index (χ0v) is 12.7. The predicted octanol–water partition coefficient (Wildman–Crippen LogP) is 2.01. The highest BCUT2D eigenvalue weighted by atomic mass is 16.3. The molecule has 0 aliphatic heterocycles. The second-order valence-corrected chi connectivity index (χ2v) is 6.25. The van der Waals surface area contributed by atoms with Crippen LogP contribution in [0.15, 0.2) is 30.3 Å². The van der Waals surface area contributed by atoms with Gasteiger partial charge in [-0.15, -0.1) is 0 Å². The topological polar surface area (TPSA) is 66.4 Å². The molecule has 1 rings (SSSR count). The molecule has 20 heavy (non-hydrogen) atoms. The molecule has 0 unspecified atom stereocenters. The van der Waals surface area contributed by atoms with E-state index in [0.29, 0.717) is 5.56 Å². The Kier molecular flexibility index (Phi) is 4.71. The van der Waals surface area contributed by atoms with Crippen LogP contribution in [0.4, 0.5) is 0 Å². The van der Waals surface area contributed by atoms with Gasteiger partial charge >= 0.3 is 0 Å². The van der Waals surface area contributed by atoms with Gasteiger partial charge in [0, 0.05) is 5.41 Å². The number of rotatable bonds is 4. The quantitative estimate of drug-likeness (QED) is 0.884. The molecule has 0 radical (unpaired) electrons. The summed E-state index contributed by atoms with van der Waals surface area (Å²) in [5.74, 6) is -0.650. The number of Topliss-reactive ketones (excluding diaryl/α,β-unsaturated/α-hetero) is 1. The molecule has 0 fully saturated rings. The fourth-order valence-corrected chi connectivity index (χ4v) is 1.95. The Morgan fingerprint density at radius 2 is 1.60 bits per heavy atom. The van der Waals surface area contributed by atoms with Gasteiger partial charge in [0.2, 0.25) is 0 Å². The van der Waals surface area contributed by atoms with Crippen molar-refractivity contribution in [3.63, 3.8) is 0 Å². The number of benzene rings is 1. The average molecular weight is 277 g/mol. The van der Waals surface area contributed by atoms with Crippen molar-refractivity contribution in [3.8, 4) is 0 Å². The summed E-state index contributed by atoms with van der Waals surface area (Å²) in [5, 5.41) is 13.0. The zero-order valence-electron chi connectivity index (χ0n) is 12.7. The van der Waals surface area contributed by atoms with E-state index in [-0.39, 0.29) is 5.78 Å². The van der Waals surface area contributed by atoms with Gasteiger partial charge < -0.3 is 10.4 Å². The third kappa shape index (κ3) is 3.67. The summed E-state index contributed by atoms with van der Waals surface area (Å²) in [6, 6.07) is 8.02. The molecule has 1 aromatic carbocycles. The van der Waals surface area contributed by atoms with Crippen molar-refractivity contribution in [2.75, 3.05) is 0 Å². The van der Waals surface area contributed by atoms with Gasteiger partial charge in [-0.25, -0.2) is 0 Å². The van der Waals surface area contributed by atoms with E-state index in [1.807, 2.05) is 6.07 Å². The highest BCUT2D eigenvalue weighted by molar-refractivity contribution is 5.94. The summed E-state index contributed by atoms with van der Waals surface area (Å²) < 4.78 is 0. The van der Waals surface area contributed by atoms with Crippen LogP contribution in [0.5, 0.6) is 0 Å². The Labute approximate surface area is 120 Å². The van der Waals surface area contributed by atoms with Crippen LogP contribution in [0.1, 0.15) is 40.2 Å². The summed E-state index contributed by atoms with van der Waals surface area (Å²) in [7, 11) is 0. The summed E-state index contributed by atoms with van der Waals surface area (Å²) in [6.45, 7) is 8.45. The third-order valence-electron chi connectivity index (χ3n) is 3.26. The van der Waals surface area contributed by atoms with E-state index in [0.717, 1.165) is 0 Å². The van der Waals surface area contributed by atoms with Crippen LogP contribution in [-0.4, -0.2) is 22.8 Å². The number of nitrogens with one attached hydrogen (secondary N) is 1. The molecule has 2 atom stereocenters. The van der Waals surface area contributed by atoms with E-state index in [1.165, 1.54) is 6.92 Å².